The van der Waals surface area contributed by atoms with Crippen molar-refractivity contribution < 1.29 is 176 Å². The predicted octanol–water partition coefficient (Wildman–Crippen LogP) is 9.09. The lowest BCUT2D eigenvalue weighted by atomic mass is 9.64. The van der Waals surface area contributed by atoms with E-state index >= 15 is 9.59 Å². The Bertz CT molecular complexity index is 5220. The molecule has 141 heavy (non-hydrogen) atoms. The molecule has 37 nitrogen and oxygen atoms in total. The molecule has 0 bridgehead atoms. The number of esters is 9. The van der Waals surface area contributed by atoms with Gasteiger partial charge in [-0.2, -0.15) is 0 Å². The van der Waals surface area contributed by atoms with Gasteiger partial charge in [-0.15, -0.1) is 12.3 Å². The molecule has 1 N–H and O–H groups in total. The Morgan fingerprint density at radius 1 is 0.326 bits per heavy atom. The molecule has 33 atom stereocenters. The van der Waals surface area contributed by atoms with E-state index in [0.717, 1.165) is 47.7 Å². The molecule has 6 aromatic rings. The number of hydrogen-bond acceptors (Lipinski definition) is 37. The van der Waals surface area contributed by atoms with Gasteiger partial charge in [0, 0.05) is 65.7 Å². The van der Waals surface area contributed by atoms with Crippen LogP contribution >= 0.6 is 0 Å². The van der Waals surface area contributed by atoms with E-state index in [2.05, 4.69) is 5.92 Å². The Morgan fingerprint density at radius 3 is 0.887 bits per heavy atom. The molecule has 3 aliphatic carbocycles. The normalized spacial score (nSPS) is 34.7. The first kappa shape index (κ1) is 105. The Kier molecular flexibility index (Phi) is 35.1. The molecule has 37 heteroatoms. The van der Waals surface area contributed by atoms with E-state index in [1.165, 1.54) is 20.8 Å². The molecular formula is C104H122O37. The van der Waals surface area contributed by atoms with Crippen molar-refractivity contribution in [2.45, 2.75) is 261 Å². The minimum atomic E-state index is -2.27. The van der Waals surface area contributed by atoms with Crippen LogP contribution in [0.1, 0.15) is 109 Å². The average molecular weight is 1960 g/mol. The minimum absolute atomic E-state index is 0.0309. The third-order valence-electron chi connectivity index (χ3n) is 27.0. The van der Waals surface area contributed by atoms with Gasteiger partial charge in [0.25, 0.3) is 0 Å². The van der Waals surface area contributed by atoms with Crippen molar-refractivity contribution >= 4 is 53.7 Å². The van der Waals surface area contributed by atoms with Gasteiger partial charge in [-0.1, -0.05) is 203 Å². The molecule has 9 fully saturated rings. The van der Waals surface area contributed by atoms with Gasteiger partial charge >= 0.3 is 53.7 Å². The standard InChI is InChI=1S/C104H122O37/c1-14-15-34-47-118-96-57(2)82(122-48-66-35-22-16-23-36-66)85(72(131-96)54-119-60(5)105)135-100-91(129-64(9)109)77-88(79(94(113)116-12)103(77,140-100)126-52-70-43-30-20-31-44-70)138-98-59(4)84(124-50-68-39-26-18-27-40-68)87(74(133-98)56-121-62(7)107)136-101-92(130-65(10)110)78-89(80(95(114)117-13)104(78,141-101)127-53-71-45-32-21-33-46-71)137-97-58(3)83(123-49-67-37-24-17-25-38-67)86(73(132-97)55-120-61(6)106)134-99-90(128-63(8)108)75-81(111)76(93(112)115-11)102(75,139-99)125-51-69-41-28-19-29-42-69/h1,16-33,35-46,57-59,72-92,96-101,111H,15,34,47-56H2,2-13H3. The number of aliphatic hydroxyl groups is 1. The summed E-state index contributed by atoms with van der Waals surface area (Å²) in [7, 11) is 3.42. The van der Waals surface area contributed by atoms with Crippen LogP contribution in [-0.4, -0.2) is 253 Å². The summed E-state index contributed by atoms with van der Waals surface area (Å²) in [5.41, 5.74) is 3.93. The quantitative estimate of drug-likeness (QED) is 0.0161. The molecule has 3 saturated carbocycles. The highest BCUT2D eigenvalue weighted by molar-refractivity contribution is 5.78. The summed E-state index contributed by atoms with van der Waals surface area (Å²) in [5.74, 6) is -23.3. The third-order valence-corrected chi connectivity index (χ3v) is 27.0. The molecule has 6 aliphatic heterocycles. The second kappa shape index (κ2) is 47.3. The van der Waals surface area contributed by atoms with Gasteiger partial charge in [-0.05, 0) is 39.8 Å². The van der Waals surface area contributed by atoms with Gasteiger partial charge in [0.15, 0.2) is 73.4 Å². The monoisotopic (exact) mass is 1960 g/mol. The summed E-state index contributed by atoms with van der Waals surface area (Å²) < 4.78 is 179. The molecule has 0 spiro atoms. The van der Waals surface area contributed by atoms with Crippen molar-refractivity contribution in [1.82, 2.24) is 0 Å². The molecule has 760 valence electrons. The fourth-order valence-corrected chi connectivity index (χ4v) is 20.4. The predicted molar refractivity (Wildman–Crippen MR) is 483 cm³/mol. The third kappa shape index (κ3) is 23.3. The van der Waals surface area contributed by atoms with Crippen molar-refractivity contribution in [3.63, 3.8) is 0 Å². The number of fused-ring (bicyclic) bond motifs is 3. The zero-order valence-electron chi connectivity index (χ0n) is 80.3. The minimum Gasteiger partial charge on any atom is -0.469 e. The number of ether oxygens (including phenoxy) is 27. The van der Waals surface area contributed by atoms with Gasteiger partial charge < -0.3 is 133 Å². The Labute approximate surface area is 816 Å². The van der Waals surface area contributed by atoms with Gasteiger partial charge in [-0.25, -0.2) is 0 Å². The fraction of sp³-hybridized carbons (Fsp3) is 0.548. The Morgan fingerprint density at radius 2 is 0.596 bits per heavy atom. The van der Waals surface area contributed by atoms with Crippen molar-refractivity contribution in [1.29, 1.82) is 0 Å². The topological polar surface area (TPSA) is 423 Å². The summed E-state index contributed by atoms with van der Waals surface area (Å²) in [5, 5.41) is 12.0. The SMILES string of the molecule is C#CCCCOC1OC(COC(C)=O)C(OC2OC3(OCc4ccccc4)C(C(=O)OC)C(OC4OC(COC(C)=O)C(OC5OC6(OCc7ccccc7)C(C(=O)OC)C(OC7OC(COC(C)=O)C(OC8OC9(OCc%10ccccc%10)C(C(=O)OC)C(O)C9C8OC(C)=O)C(OCc8ccccc8)C7C)C6C5OC(C)=O)C(OCc5ccccc5)C4C)C3C2OC(C)=O)C(OCc2ccccc2)C1C. The van der Waals surface area contributed by atoms with Crippen LogP contribution in [0.4, 0.5) is 0 Å². The first-order valence-electron chi connectivity index (χ1n) is 47.2. The van der Waals surface area contributed by atoms with Crippen molar-refractivity contribution in [3.8, 4) is 12.3 Å². The zero-order chi connectivity index (χ0) is 100.0. The summed E-state index contributed by atoms with van der Waals surface area (Å²) >= 11 is 0. The molecule has 0 radical (unpaired) electrons. The lowest BCUT2D eigenvalue weighted by Crippen LogP contribution is -2.72. The second-order valence-electron chi connectivity index (χ2n) is 36.3. The van der Waals surface area contributed by atoms with Crippen LogP contribution in [0.15, 0.2) is 182 Å². The van der Waals surface area contributed by atoms with Gasteiger partial charge in [0.1, 0.15) is 74.2 Å². The van der Waals surface area contributed by atoms with Crippen LogP contribution < -0.4 is 0 Å². The maximum Gasteiger partial charge on any atom is 0.316 e. The molecule has 6 saturated heterocycles. The summed E-state index contributed by atoms with van der Waals surface area (Å²) in [4.78, 5) is 126. The maximum absolute atomic E-state index is 15.4. The number of unbranched alkanes of at least 4 members (excludes halogenated alkanes) is 1. The van der Waals surface area contributed by atoms with Crippen LogP contribution in [0.2, 0.25) is 0 Å². The number of aliphatic hydroxyl groups excluding tert-OH is 1. The summed E-state index contributed by atoms with van der Waals surface area (Å²) in [6.07, 6.45) is -24.4. The molecule has 15 rings (SSSR count). The zero-order valence-corrected chi connectivity index (χ0v) is 80.3. The molecular weight excluding hydrogens is 1840 g/mol. The van der Waals surface area contributed by atoms with Crippen LogP contribution in [0.3, 0.4) is 0 Å². The molecule has 33 unspecified atom stereocenters. The van der Waals surface area contributed by atoms with Crippen molar-refractivity contribution in [2.24, 2.45) is 53.3 Å². The molecule has 0 aromatic heterocycles. The highest BCUT2D eigenvalue weighted by Crippen LogP contribution is 2.64. The highest BCUT2D eigenvalue weighted by atomic mass is 16.8. The number of rotatable bonds is 44. The fourth-order valence-electron chi connectivity index (χ4n) is 20.4. The number of benzene rings is 6. The number of carbonyl (C=O) groups excluding carboxylic acids is 9. The number of carbonyl (C=O) groups is 9. The van der Waals surface area contributed by atoms with E-state index in [1.807, 2.05) is 73.7 Å². The lowest BCUT2D eigenvalue weighted by Gasteiger charge is -2.56. The van der Waals surface area contributed by atoms with E-state index in [9.17, 15) is 38.7 Å². The van der Waals surface area contributed by atoms with E-state index in [-0.39, 0.29) is 46.2 Å². The highest BCUT2D eigenvalue weighted by Gasteiger charge is 2.82. The summed E-state index contributed by atoms with van der Waals surface area (Å²) in [6.45, 7) is 9.79. The first-order chi connectivity index (χ1) is 68.0. The number of methoxy groups -OCH3 is 3. The van der Waals surface area contributed by atoms with E-state index in [4.69, 9.17) is 134 Å². The van der Waals surface area contributed by atoms with Gasteiger partial charge in [-0.3, -0.25) is 43.2 Å². The summed E-state index contributed by atoms with van der Waals surface area (Å²) in [6, 6.07) is 54.0. The Balaban J connectivity index is 0.790. The van der Waals surface area contributed by atoms with Crippen LogP contribution in [0.25, 0.3) is 0 Å². The van der Waals surface area contributed by atoms with Crippen molar-refractivity contribution in [3.05, 3.63) is 215 Å². The first-order valence-corrected chi connectivity index (χ1v) is 47.2. The number of hydrogen-bond donors (Lipinski definition) is 1. The van der Waals surface area contributed by atoms with E-state index < -0.39 is 273 Å². The van der Waals surface area contributed by atoms with Gasteiger partial charge in [0.05, 0.1) is 122 Å². The van der Waals surface area contributed by atoms with Crippen LogP contribution in [0, 0.1) is 65.6 Å². The largest absolute Gasteiger partial charge is 0.469 e. The van der Waals surface area contributed by atoms with Crippen LogP contribution in [-0.2, 0) is 211 Å². The smallest absolute Gasteiger partial charge is 0.316 e. The number of terminal acetylenes is 1. The average Bonchev–Trinajstić information content (AvgIpc) is 1.54. The molecule has 6 heterocycles. The van der Waals surface area contributed by atoms with Crippen LogP contribution in [0.5, 0.6) is 0 Å². The van der Waals surface area contributed by atoms with E-state index in [0.29, 0.717) is 40.7 Å². The van der Waals surface area contributed by atoms with E-state index in [1.54, 1.807) is 129 Å². The maximum atomic E-state index is 15.4. The molecule has 6 aromatic carbocycles. The van der Waals surface area contributed by atoms with Crippen molar-refractivity contribution in [2.75, 3.05) is 47.8 Å². The Hall–Kier alpha value is -10.7. The molecule has 0 amide bonds. The second-order valence-corrected chi connectivity index (χ2v) is 36.3. The lowest BCUT2D eigenvalue weighted by molar-refractivity contribution is -0.412. The molecule has 9 aliphatic rings. The van der Waals surface area contributed by atoms with Gasteiger partial charge in [0.2, 0.25) is 0 Å².